The van der Waals surface area contributed by atoms with Gasteiger partial charge >= 0.3 is 0 Å². The van der Waals surface area contributed by atoms with Crippen molar-refractivity contribution in [2.45, 2.75) is 12.3 Å². The molecule has 0 bridgehead atoms. The van der Waals surface area contributed by atoms with Crippen LogP contribution in [0.1, 0.15) is 18.1 Å². The van der Waals surface area contributed by atoms with Crippen LogP contribution in [-0.4, -0.2) is 21.6 Å². The minimum Gasteiger partial charge on any atom is -0.497 e. The van der Waals surface area contributed by atoms with E-state index in [4.69, 9.17) is 16.3 Å². The van der Waals surface area contributed by atoms with Crippen LogP contribution in [0.3, 0.4) is 0 Å². The highest BCUT2D eigenvalue weighted by Gasteiger charge is 2.16. The van der Waals surface area contributed by atoms with Crippen molar-refractivity contribution in [3.05, 3.63) is 48.4 Å². The predicted octanol–water partition coefficient (Wildman–Crippen LogP) is 3.73. The first-order chi connectivity index (χ1) is 9.70. The van der Waals surface area contributed by atoms with Gasteiger partial charge in [-0.3, -0.25) is 4.57 Å². The van der Waals surface area contributed by atoms with E-state index in [2.05, 4.69) is 9.97 Å². The van der Waals surface area contributed by atoms with Crippen LogP contribution in [0.4, 0.5) is 0 Å². The summed E-state index contributed by atoms with van der Waals surface area (Å²) in [6.45, 7) is 1.91. The molecule has 20 heavy (non-hydrogen) atoms. The lowest BCUT2D eigenvalue weighted by atomic mass is 10.3. The smallest absolute Gasteiger partial charge is 0.164 e. The summed E-state index contributed by atoms with van der Waals surface area (Å²) in [5.74, 6) is 1.59. The van der Waals surface area contributed by atoms with E-state index in [1.54, 1.807) is 13.3 Å². The first-order valence-corrected chi connectivity index (χ1v) is 6.76. The van der Waals surface area contributed by atoms with Gasteiger partial charge < -0.3 is 4.74 Å². The van der Waals surface area contributed by atoms with Gasteiger partial charge in [0, 0.05) is 11.9 Å². The molecule has 0 radical (unpaired) electrons. The average Bonchev–Trinajstić information content (AvgIpc) is 2.87. The van der Waals surface area contributed by atoms with Gasteiger partial charge in [0.2, 0.25) is 0 Å². The quantitative estimate of drug-likeness (QED) is 0.689. The number of imidazole rings is 1. The van der Waals surface area contributed by atoms with Crippen molar-refractivity contribution in [3.63, 3.8) is 0 Å². The van der Waals surface area contributed by atoms with Crippen LogP contribution in [0.2, 0.25) is 0 Å². The zero-order valence-electron chi connectivity index (χ0n) is 11.2. The standard InChI is InChI=1S/C15H14ClN3O/c1-10(16)14-18-13-4-3-9-17-15(13)19(14)11-5-7-12(20-2)8-6-11/h3-10H,1-2H3. The Hall–Kier alpha value is -2.07. The maximum absolute atomic E-state index is 6.25. The van der Waals surface area contributed by atoms with Gasteiger partial charge in [-0.05, 0) is 43.3 Å². The van der Waals surface area contributed by atoms with Crippen molar-refractivity contribution < 1.29 is 4.74 Å². The second kappa shape index (κ2) is 5.13. The van der Waals surface area contributed by atoms with E-state index in [0.717, 1.165) is 28.4 Å². The molecule has 1 unspecified atom stereocenters. The molecule has 3 aromatic rings. The first-order valence-electron chi connectivity index (χ1n) is 6.32. The van der Waals surface area contributed by atoms with Crippen molar-refractivity contribution in [3.8, 4) is 11.4 Å². The average molecular weight is 288 g/mol. The number of nitrogens with zero attached hydrogens (tertiary/aromatic N) is 3. The number of methoxy groups -OCH3 is 1. The number of halogens is 1. The molecule has 0 N–H and O–H groups in total. The van der Waals surface area contributed by atoms with Crippen molar-refractivity contribution in [1.29, 1.82) is 0 Å². The summed E-state index contributed by atoms with van der Waals surface area (Å²) >= 11 is 6.25. The number of alkyl halides is 1. The SMILES string of the molecule is COc1ccc(-n2c(C(C)Cl)nc3cccnc32)cc1. The van der Waals surface area contributed by atoms with Crippen LogP contribution in [0, 0.1) is 0 Å². The van der Waals surface area contributed by atoms with Crippen LogP contribution >= 0.6 is 11.6 Å². The molecule has 3 rings (SSSR count). The van der Waals surface area contributed by atoms with Gasteiger partial charge in [0.05, 0.1) is 12.5 Å². The molecule has 5 heteroatoms. The lowest BCUT2D eigenvalue weighted by Gasteiger charge is -2.10. The second-order valence-electron chi connectivity index (χ2n) is 4.47. The number of ether oxygens (including phenoxy) is 1. The Morgan fingerprint density at radius 3 is 2.60 bits per heavy atom. The van der Waals surface area contributed by atoms with E-state index in [-0.39, 0.29) is 5.38 Å². The van der Waals surface area contributed by atoms with E-state index in [1.165, 1.54) is 0 Å². The van der Waals surface area contributed by atoms with Gasteiger partial charge in [0.15, 0.2) is 5.65 Å². The molecule has 1 atom stereocenters. The van der Waals surface area contributed by atoms with Gasteiger partial charge in [0.1, 0.15) is 17.1 Å². The van der Waals surface area contributed by atoms with Gasteiger partial charge in [-0.1, -0.05) is 0 Å². The Morgan fingerprint density at radius 1 is 1.20 bits per heavy atom. The van der Waals surface area contributed by atoms with E-state index in [9.17, 15) is 0 Å². The summed E-state index contributed by atoms with van der Waals surface area (Å²) in [5, 5.41) is -0.202. The molecule has 0 amide bonds. The zero-order valence-corrected chi connectivity index (χ0v) is 12.0. The molecule has 0 aliphatic heterocycles. The molecule has 2 heterocycles. The minimum absolute atomic E-state index is 0.202. The van der Waals surface area contributed by atoms with Gasteiger partial charge in [-0.2, -0.15) is 0 Å². The van der Waals surface area contributed by atoms with Crippen molar-refractivity contribution in [2.75, 3.05) is 7.11 Å². The fourth-order valence-corrected chi connectivity index (χ4v) is 2.33. The highest BCUT2D eigenvalue weighted by atomic mass is 35.5. The molecule has 0 aliphatic rings. The van der Waals surface area contributed by atoms with Gasteiger partial charge in [-0.25, -0.2) is 9.97 Å². The number of hydrogen-bond donors (Lipinski definition) is 0. The summed E-state index contributed by atoms with van der Waals surface area (Å²) in [6.07, 6.45) is 1.76. The number of aromatic nitrogens is 3. The summed E-state index contributed by atoms with van der Waals surface area (Å²) in [5.41, 5.74) is 2.61. The summed E-state index contributed by atoms with van der Waals surface area (Å²) < 4.78 is 7.16. The van der Waals surface area contributed by atoms with Crippen molar-refractivity contribution in [1.82, 2.24) is 14.5 Å². The second-order valence-corrected chi connectivity index (χ2v) is 5.12. The summed E-state index contributed by atoms with van der Waals surface area (Å²) in [6, 6.07) is 11.6. The Morgan fingerprint density at radius 2 is 1.95 bits per heavy atom. The van der Waals surface area contributed by atoms with Gasteiger partial charge in [-0.15, -0.1) is 11.6 Å². The monoisotopic (exact) mass is 287 g/mol. The Kier molecular flexibility index (Phi) is 3.32. The lowest BCUT2D eigenvalue weighted by Crippen LogP contribution is -2.02. The maximum Gasteiger partial charge on any atom is 0.164 e. The molecule has 2 aromatic heterocycles. The molecule has 102 valence electrons. The van der Waals surface area contributed by atoms with Crippen LogP contribution in [0.5, 0.6) is 5.75 Å². The summed E-state index contributed by atoms with van der Waals surface area (Å²) in [4.78, 5) is 8.98. The van der Waals surface area contributed by atoms with E-state index < -0.39 is 0 Å². The van der Waals surface area contributed by atoms with Crippen LogP contribution in [-0.2, 0) is 0 Å². The molecule has 0 saturated carbocycles. The third-order valence-electron chi connectivity index (χ3n) is 3.13. The number of rotatable bonds is 3. The summed E-state index contributed by atoms with van der Waals surface area (Å²) in [7, 11) is 1.65. The van der Waals surface area contributed by atoms with Crippen LogP contribution < -0.4 is 4.74 Å². The predicted molar refractivity (Wildman–Crippen MR) is 79.7 cm³/mol. The fraction of sp³-hybridized carbons (Fsp3) is 0.200. The number of pyridine rings is 1. The third kappa shape index (κ3) is 2.12. The van der Waals surface area contributed by atoms with E-state index in [1.807, 2.05) is 47.9 Å². The molecule has 4 nitrogen and oxygen atoms in total. The number of hydrogen-bond acceptors (Lipinski definition) is 3. The Bertz CT molecular complexity index is 734. The Balaban J connectivity index is 2.24. The van der Waals surface area contributed by atoms with Crippen molar-refractivity contribution >= 4 is 22.8 Å². The molecule has 0 spiro atoms. The number of fused-ring (bicyclic) bond motifs is 1. The maximum atomic E-state index is 6.25. The van der Waals surface area contributed by atoms with Crippen LogP contribution in [0.15, 0.2) is 42.6 Å². The van der Waals surface area contributed by atoms with E-state index in [0.29, 0.717) is 0 Å². The minimum atomic E-state index is -0.202. The van der Waals surface area contributed by atoms with E-state index >= 15 is 0 Å². The zero-order chi connectivity index (χ0) is 14.1. The third-order valence-corrected chi connectivity index (χ3v) is 3.32. The largest absolute Gasteiger partial charge is 0.497 e. The number of benzene rings is 1. The molecular weight excluding hydrogens is 274 g/mol. The Labute approximate surface area is 122 Å². The van der Waals surface area contributed by atoms with Crippen molar-refractivity contribution in [2.24, 2.45) is 0 Å². The molecule has 0 fully saturated rings. The lowest BCUT2D eigenvalue weighted by molar-refractivity contribution is 0.414. The molecular formula is C15H14ClN3O. The highest BCUT2D eigenvalue weighted by molar-refractivity contribution is 6.20. The normalized spacial score (nSPS) is 12.6. The molecule has 0 saturated heterocycles. The fourth-order valence-electron chi connectivity index (χ4n) is 2.18. The van der Waals surface area contributed by atoms with Crippen LogP contribution in [0.25, 0.3) is 16.9 Å². The topological polar surface area (TPSA) is 39.9 Å². The molecule has 1 aromatic carbocycles. The molecule has 0 aliphatic carbocycles. The highest BCUT2D eigenvalue weighted by Crippen LogP contribution is 2.27. The van der Waals surface area contributed by atoms with Gasteiger partial charge in [0.25, 0.3) is 0 Å². The first kappa shape index (κ1) is 12.9.